The maximum atomic E-state index is 12.8. The van der Waals surface area contributed by atoms with Crippen LogP contribution in [0.1, 0.15) is 5.56 Å². The van der Waals surface area contributed by atoms with Crippen molar-refractivity contribution in [2.45, 2.75) is 0 Å². The van der Waals surface area contributed by atoms with Crippen molar-refractivity contribution >= 4 is 17.3 Å². The molecule has 4 N–H and O–H groups in total. The number of benzene rings is 1. The Labute approximate surface area is 98.6 Å². The maximum Gasteiger partial charge on any atom is 0.123 e. The summed E-state index contributed by atoms with van der Waals surface area (Å²) >= 11 is 6.02. The van der Waals surface area contributed by atoms with Gasteiger partial charge in [0.2, 0.25) is 0 Å². The second kappa shape index (κ2) is 5.63. The van der Waals surface area contributed by atoms with Crippen LogP contribution in [0.5, 0.6) is 0 Å². The molecular formula is C11H13ClFN3. The van der Waals surface area contributed by atoms with E-state index in [0.717, 1.165) is 0 Å². The van der Waals surface area contributed by atoms with Gasteiger partial charge in [-0.3, -0.25) is 4.99 Å². The predicted molar refractivity (Wildman–Crippen MR) is 65.0 cm³/mol. The van der Waals surface area contributed by atoms with Gasteiger partial charge in [0.15, 0.2) is 0 Å². The zero-order valence-corrected chi connectivity index (χ0v) is 9.63. The highest BCUT2D eigenvalue weighted by Gasteiger charge is 2.10. The Morgan fingerprint density at radius 3 is 2.38 bits per heavy atom. The summed E-state index contributed by atoms with van der Waals surface area (Å²) < 4.78 is 12.8. The van der Waals surface area contributed by atoms with Crippen LogP contribution in [0.4, 0.5) is 4.39 Å². The SMILES string of the molecule is CN=C(C(Cl)=C(N)CN)c1ccc(F)cc1. The topological polar surface area (TPSA) is 64.4 Å². The van der Waals surface area contributed by atoms with Crippen molar-refractivity contribution < 1.29 is 4.39 Å². The van der Waals surface area contributed by atoms with Crippen LogP contribution in [0, 0.1) is 5.82 Å². The molecule has 0 saturated heterocycles. The third-order valence-corrected chi connectivity index (χ3v) is 2.47. The van der Waals surface area contributed by atoms with E-state index in [-0.39, 0.29) is 12.4 Å². The fourth-order valence-corrected chi connectivity index (χ4v) is 1.47. The van der Waals surface area contributed by atoms with Crippen LogP contribution in [-0.4, -0.2) is 19.3 Å². The molecule has 0 bridgehead atoms. The first-order valence-corrected chi connectivity index (χ1v) is 5.05. The number of hydrogen-bond donors (Lipinski definition) is 2. The largest absolute Gasteiger partial charge is 0.400 e. The monoisotopic (exact) mass is 241 g/mol. The van der Waals surface area contributed by atoms with Gasteiger partial charge in [-0.15, -0.1) is 0 Å². The molecule has 0 radical (unpaired) electrons. The Morgan fingerprint density at radius 2 is 1.94 bits per heavy atom. The fraction of sp³-hybridized carbons (Fsp3) is 0.182. The molecule has 0 aliphatic heterocycles. The van der Waals surface area contributed by atoms with E-state index >= 15 is 0 Å². The number of rotatable bonds is 3. The summed E-state index contributed by atoms with van der Waals surface area (Å²) in [6.45, 7) is 0.152. The molecule has 86 valence electrons. The summed E-state index contributed by atoms with van der Waals surface area (Å²) in [5, 5.41) is 0.302. The highest BCUT2D eigenvalue weighted by atomic mass is 35.5. The molecule has 3 nitrogen and oxygen atoms in total. The minimum Gasteiger partial charge on any atom is -0.400 e. The lowest BCUT2D eigenvalue weighted by Crippen LogP contribution is -2.16. The van der Waals surface area contributed by atoms with Crippen LogP contribution in [0.3, 0.4) is 0 Å². The first-order valence-electron chi connectivity index (χ1n) is 4.67. The predicted octanol–water partition coefficient (Wildman–Crippen LogP) is 1.61. The molecule has 0 heterocycles. The van der Waals surface area contributed by atoms with Gasteiger partial charge in [-0.1, -0.05) is 11.6 Å². The number of halogens is 2. The van der Waals surface area contributed by atoms with Gasteiger partial charge in [0.05, 0.1) is 10.7 Å². The maximum absolute atomic E-state index is 12.8. The fourth-order valence-electron chi connectivity index (χ4n) is 1.20. The zero-order valence-electron chi connectivity index (χ0n) is 8.87. The van der Waals surface area contributed by atoms with E-state index in [1.165, 1.54) is 12.1 Å². The lowest BCUT2D eigenvalue weighted by molar-refractivity contribution is 0.628. The van der Waals surface area contributed by atoms with Gasteiger partial charge in [0.1, 0.15) is 5.82 Å². The molecule has 1 rings (SSSR count). The summed E-state index contributed by atoms with van der Waals surface area (Å²) in [5.74, 6) is -0.314. The molecule has 0 unspecified atom stereocenters. The minimum atomic E-state index is -0.314. The van der Waals surface area contributed by atoms with Gasteiger partial charge in [-0.25, -0.2) is 4.39 Å². The molecule has 0 aliphatic carbocycles. The third-order valence-electron chi connectivity index (χ3n) is 2.05. The molecule has 0 atom stereocenters. The van der Waals surface area contributed by atoms with Crippen LogP contribution < -0.4 is 11.5 Å². The van der Waals surface area contributed by atoms with Crippen LogP contribution in [0.25, 0.3) is 0 Å². The van der Waals surface area contributed by atoms with Gasteiger partial charge in [-0.2, -0.15) is 0 Å². The van der Waals surface area contributed by atoms with Crippen LogP contribution >= 0.6 is 11.6 Å². The Kier molecular flexibility index (Phi) is 4.46. The van der Waals surface area contributed by atoms with Gasteiger partial charge in [-0.05, 0) is 24.3 Å². The number of hydrogen-bond acceptors (Lipinski definition) is 3. The van der Waals surface area contributed by atoms with E-state index in [4.69, 9.17) is 23.1 Å². The van der Waals surface area contributed by atoms with Crippen LogP contribution in [0.15, 0.2) is 40.0 Å². The van der Waals surface area contributed by atoms with Gasteiger partial charge >= 0.3 is 0 Å². The Bertz CT molecular complexity index is 423. The van der Waals surface area contributed by atoms with E-state index in [2.05, 4.69) is 4.99 Å². The van der Waals surface area contributed by atoms with E-state index in [1.807, 2.05) is 0 Å². The Morgan fingerprint density at radius 1 is 1.38 bits per heavy atom. The highest BCUT2D eigenvalue weighted by Crippen LogP contribution is 2.15. The lowest BCUT2D eigenvalue weighted by Gasteiger charge is -2.07. The molecule has 0 fully saturated rings. The molecule has 1 aromatic rings. The van der Waals surface area contributed by atoms with Gasteiger partial charge in [0, 0.05) is 24.9 Å². The molecule has 1 aromatic carbocycles. The van der Waals surface area contributed by atoms with Crippen molar-refractivity contribution in [1.82, 2.24) is 0 Å². The highest BCUT2D eigenvalue weighted by molar-refractivity contribution is 6.46. The molecule has 0 amide bonds. The molecule has 16 heavy (non-hydrogen) atoms. The van der Waals surface area contributed by atoms with Crippen LogP contribution in [0.2, 0.25) is 0 Å². The zero-order chi connectivity index (χ0) is 12.1. The number of allylic oxidation sites excluding steroid dienone is 1. The van der Waals surface area contributed by atoms with Crippen molar-refractivity contribution in [2.75, 3.05) is 13.6 Å². The lowest BCUT2D eigenvalue weighted by atomic mass is 10.1. The van der Waals surface area contributed by atoms with E-state index in [9.17, 15) is 4.39 Å². The van der Waals surface area contributed by atoms with Crippen molar-refractivity contribution in [3.8, 4) is 0 Å². The van der Waals surface area contributed by atoms with Crippen molar-refractivity contribution in [3.63, 3.8) is 0 Å². The molecule has 0 aromatic heterocycles. The number of aliphatic imine (C=N–C) groups is 1. The molecule has 0 saturated carbocycles. The summed E-state index contributed by atoms with van der Waals surface area (Å²) in [6, 6.07) is 5.85. The summed E-state index contributed by atoms with van der Waals surface area (Å²) in [5.41, 5.74) is 12.6. The third kappa shape index (κ3) is 2.81. The normalized spacial score (nSPS) is 13.6. The number of nitrogens with two attached hydrogens (primary N) is 2. The Hall–Kier alpha value is -1.39. The van der Waals surface area contributed by atoms with Gasteiger partial charge < -0.3 is 11.5 Å². The standard InChI is InChI=1S/C11H13ClFN3/c1-16-11(10(12)9(15)6-14)7-2-4-8(13)5-3-7/h2-5H,6,14-15H2,1H3. The van der Waals surface area contributed by atoms with Crippen molar-refractivity contribution in [1.29, 1.82) is 0 Å². The first kappa shape index (κ1) is 12.7. The molecule has 0 aliphatic rings. The molecule has 0 spiro atoms. The van der Waals surface area contributed by atoms with Crippen molar-refractivity contribution in [2.24, 2.45) is 16.5 Å². The first-order chi connectivity index (χ1) is 7.60. The quantitative estimate of drug-likeness (QED) is 0.790. The average molecular weight is 242 g/mol. The van der Waals surface area contributed by atoms with Crippen LogP contribution in [-0.2, 0) is 0 Å². The van der Waals surface area contributed by atoms with E-state index in [0.29, 0.717) is 22.0 Å². The van der Waals surface area contributed by atoms with Crippen molar-refractivity contribution in [3.05, 3.63) is 46.4 Å². The average Bonchev–Trinajstić information content (AvgIpc) is 2.31. The summed E-state index contributed by atoms with van der Waals surface area (Å²) in [7, 11) is 1.59. The minimum absolute atomic E-state index is 0.152. The smallest absolute Gasteiger partial charge is 0.123 e. The summed E-state index contributed by atoms with van der Waals surface area (Å²) in [4.78, 5) is 4.03. The second-order valence-electron chi connectivity index (χ2n) is 3.12. The summed E-state index contributed by atoms with van der Waals surface area (Å²) in [6.07, 6.45) is 0. The van der Waals surface area contributed by atoms with Gasteiger partial charge in [0.25, 0.3) is 0 Å². The molecular weight excluding hydrogens is 229 g/mol. The Balaban J connectivity index is 3.15. The van der Waals surface area contributed by atoms with E-state index in [1.54, 1.807) is 19.2 Å². The van der Waals surface area contributed by atoms with E-state index < -0.39 is 0 Å². The molecule has 5 heteroatoms. The number of nitrogens with zero attached hydrogens (tertiary/aromatic N) is 1. The second-order valence-corrected chi connectivity index (χ2v) is 3.50.